The summed E-state index contributed by atoms with van der Waals surface area (Å²) in [6.45, 7) is 4.05. The standard InChI is InChI=1S/C25H22ClN3O2S2/c1-14-6-9-17(12-15(14)2)27-21(30)13-32-25-28-23-22(19-4-3-5-20(19)33-23)24(31)29(25)18-10-7-16(26)8-11-18/h6-12H,3-5,13H2,1-2H3,(H,27,30). The second kappa shape index (κ2) is 8.97. The predicted octanol–water partition coefficient (Wildman–Crippen LogP) is 5.94. The van der Waals surface area contributed by atoms with Crippen molar-refractivity contribution in [2.45, 2.75) is 38.3 Å². The molecule has 1 aliphatic carbocycles. The zero-order valence-electron chi connectivity index (χ0n) is 18.3. The molecule has 0 atom stereocenters. The van der Waals surface area contributed by atoms with Gasteiger partial charge in [0.25, 0.3) is 5.56 Å². The van der Waals surface area contributed by atoms with Crippen molar-refractivity contribution in [3.8, 4) is 5.69 Å². The average Bonchev–Trinajstić information content (AvgIpc) is 3.37. The number of halogens is 1. The van der Waals surface area contributed by atoms with E-state index in [2.05, 4.69) is 5.32 Å². The minimum Gasteiger partial charge on any atom is -0.325 e. The van der Waals surface area contributed by atoms with Gasteiger partial charge in [0.05, 0.1) is 16.8 Å². The summed E-state index contributed by atoms with van der Waals surface area (Å²) < 4.78 is 1.61. The van der Waals surface area contributed by atoms with E-state index in [-0.39, 0.29) is 17.2 Å². The Bertz CT molecular complexity index is 1440. The maximum absolute atomic E-state index is 13.6. The number of aryl methyl sites for hydroxylation is 4. The van der Waals surface area contributed by atoms with Gasteiger partial charge in [-0.25, -0.2) is 4.98 Å². The minimum atomic E-state index is -0.145. The van der Waals surface area contributed by atoms with E-state index < -0.39 is 0 Å². The van der Waals surface area contributed by atoms with Crippen LogP contribution in [-0.4, -0.2) is 21.2 Å². The molecule has 0 aliphatic heterocycles. The number of carbonyl (C=O) groups is 1. The van der Waals surface area contributed by atoms with Gasteiger partial charge in [-0.2, -0.15) is 0 Å². The number of hydrogen-bond donors (Lipinski definition) is 1. The van der Waals surface area contributed by atoms with Gasteiger partial charge in [0, 0.05) is 15.6 Å². The van der Waals surface area contributed by atoms with Crippen molar-refractivity contribution in [1.82, 2.24) is 9.55 Å². The Morgan fingerprint density at radius 2 is 1.94 bits per heavy atom. The lowest BCUT2D eigenvalue weighted by Gasteiger charge is -2.13. The van der Waals surface area contributed by atoms with Crippen LogP contribution in [0.2, 0.25) is 5.02 Å². The van der Waals surface area contributed by atoms with Crippen molar-refractivity contribution < 1.29 is 4.79 Å². The van der Waals surface area contributed by atoms with Crippen molar-refractivity contribution in [2.75, 3.05) is 11.1 Å². The van der Waals surface area contributed by atoms with E-state index in [4.69, 9.17) is 16.6 Å². The summed E-state index contributed by atoms with van der Waals surface area (Å²) in [5, 5.41) is 4.76. The molecule has 0 bridgehead atoms. The Balaban J connectivity index is 1.49. The quantitative estimate of drug-likeness (QED) is 0.275. The van der Waals surface area contributed by atoms with Crippen LogP contribution in [0.5, 0.6) is 0 Å². The second-order valence-corrected chi connectivity index (χ2v) is 10.6. The average molecular weight is 496 g/mol. The van der Waals surface area contributed by atoms with E-state index in [1.165, 1.54) is 22.2 Å². The molecular weight excluding hydrogens is 474 g/mol. The van der Waals surface area contributed by atoms with Crippen molar-refractivity contribution in [1.29, 1.82) is 0 Å². The van der Waals surface area contributed by atoms with Crippen molar-refractivity contribution in [2.24, 2.45) is 0 Å². The van der Waals surface area contributed by atoms with Crippen LogP contribution < -0.4 is 10.9 Å². The van der Waals surface area contributed by atoms with Crippen LogP contribution in [0.4, 0.5) is 5.69 Å². The van der Waals surface area contributed by atoms with E-state index in [1.54, 1.807) is 28.0 Å². The topological polar surface area (TPSA) is 64.0 Å². The maximum atomic E-state index is 13.6. The highest BCUT2D eigenvalue weighted by atomic mass is 35.5. The van der Waals surface area contributed by atoms with Crippen LogP contribution >= 0.6 is 34.7 Å². The molecule has 5 rings (SSSR count). The lowest BCUT2D eigenvalue weighted by molar-refractivity contribution is -0.113. The van der Waals surface area contributed by atoms with Gasteiger partial charge in [-0.15, -0.1) is 11.3 Å². The van der Waals surface area contributed by atoms with Crippen LogP contribution in [0.3, 0.4) is 0 Å². The fourth-order valence-electron chi connectivity index (χ4n) is 4.09. The van der Waals surface area contributed by atoms with E-state index >= 15 is 0 Å². The Labute approximate surface area is 204 Å². The largest absolute Gasteiger partial charge is 0.325 e. The third kappa shape index (κ3) is 4.33. The highest BCUT2D eigenvalue weighted by Gasteiger charge is 2.24. The lowest BCUT2D eigenvalue weighted by Crippen LogP contribution is -2.23. The normalized spacial score (nSPS) is 12.8. The van der Waals surface area contributed by atoms with Gasteiger partial charge in [-0.05, 0) is 86.2 Å². The molecule has 0 unspecified atom stereocenters. The molecule has 0 fully saturated rings. The third-order valence-electron chi connectivity index (χ3n) is 5.92. The maximum Gasteiger partial charge on any atom is 0.267 e. The smallest absolute Gasteiger partial charge is 0.267 e. The summed E-state index contributed by atoms with van der Waals surface area (Å²) in [5.41, 5.74) is 4.80. The molecule has 0 radical (unpaired) electrons. The number of fused-ring (bicyclic) bond motifs is 3. The van der Waals surface area contributed by atoms with Crippen molar-refractivity contribution in [3.63, 3.8) is 0 Å². The number of thiophene rings is 1. The van der Waals surface area contributed by atoms with Crippen LogP contribution in [0.25, 0.3) is 15.9 Å². The molecule has 8 heteroatoms. The predicted molar refractivity (Wildman–Crippen MR) is 138 cm³/mol. The fraction of sp³-hybridized carbons (Fsp3) is 0.240. The van der Waals surface area contributed by atoms with Gasteiger partial charge in [-0.3, -0.25) is 14.2 Å². The monoisotopic (exact) mass is 495 g/mol. The lowest BCUT2D eigenvalue weighted by atomic mass is 10.1. The second-order valence-electron chi connectivity index (χ2n) is 8.18. The summed E-state index contributed by atoms with van der Waals surface area (Å²) in [4.78, 5) is 33.2. The molecule has 2 heterocycles. The third-order valence-corrected chi connectivity index (χ3v) is 8.29. The van der Waals surface area contributed by atoms with Gasteiger partial charge < -0.3 is 5.32 Å². The Morgan fingerprint density at radius 1 is 1.15 bits per heavy atom. The number of nitrogens with one attached hydrogen (secondary N) is 1. The van der Waals surface area contributed by atoms with Crippen LogP contribution in [0.15, 0.2) is 52.4 Å². The van der Waals surface area contributed by atoms with E-state index in [0.717, 1.165) is 40.9 Å². The Morgan fingerprint density at radius 3 is 2.70 bits per heavy atom. The first kappa shape index (κ1) is 22.2. The molecule has 0 spiro atoms. The molecule has 5 nitrogen and oxygen atoms in total. The summed E-state index contributed by atoms with van der Waals surface area (Å²) in [6.07, 6.45) is 2.99. The van der Waals surface area contributed by atoms with Gasteiger partial charge in [-0.1, -0.05) is 29.4 Å². The zero-order chi connectivity index (χ0) is 23.1. The number of thioether (sulfide) groups is 1. The molecule has 0 saturated carbocycles. The zero-order valence-corrected chi connectivity index (χ0v) is 20.7. The first-order valence-electron chi connectivity index (χ1n) is 10.7. The highest BCUT2D eigenvalue weighted by Crippen LogP contribution is 2.36. The molecule has 1 aliphatic rings. The number of anilines is 1. The Hall–Kier alpha value is -2.61. The number of amides is 1. The summed E-state index contributed by atoms with van der Waals surface area (Å²) in [6, 6.07) is 13.0. The minimum absolute atomic E-state index is 0.0845. The molecule has 2 aromatic carbocycles. The van der Waals surface area contributed by atoms with E-state index in [9.17, 15) is 9.59 Å². The van der Waals surface area contributed by atoms with E-state index in [0.29, 0.717) is 21.3 Å². The van der Waals surface area contributed by atoms with Crippen LogP contribution in [-0.2, 0) is 17.6 Å². The van der Waals surface area contributed by atoms with Crippen molar-refractivity contribution >= 4 is 56.5 Å². The number of benzene rings is 2. The molecule has 0 saturated heterocycles. The van der Waals surface area contributed by atoms with E-state index in [1.807, 2.05) is 44.2 Å². The Kier molecular flexibility index (Phi) is 6.03. The van der Waals surface area contributed by atoms with Gasteiger partial charge >= 0.3 is 0 Å². The molecule has 168 valence electrons. The first-order valence-corrected chi connectivity index (χ1v) is 12.9. The molecule has 1 N–H and O–H groups in total. The summed E-state index contributed by atoms with van der Waals surface area (Å²) >= 11 is 8.94. The molecular formula is C25H22ClN3O2S2. The van der Waals surface area contributed by atoms with Crippen LogP contribution in [0.1, 0.15) is 28.0 Å². The van der Waals surface area contributed by atoms with Crippen molar-refractivity contribution in [3.05, 3.63) is 79.4 Å². The molecule has 4 aromatic rings. The number of carbonyl (C=O) groups excluding carboxylic acids is 1. The SMILES string of the molecule is Cc1ccc(NC(=O)CSc2nc3sc4c(c3c(=O)n2-c2ccc(Cl)cc2)CCC4)cc1C. The highest BCUT2D eigenvalue weighted by molar-refractivity contribution is 7.99. The number of hydrogen-bond acceptors (Lipinski definition) is 5. The first-order chi connectivity index (χ1) is 15.9. The number of aromatic nitrogens is 2. The molecule has 2 aromatic heterocycles. The van der Waals surface area contributed by atoms with Gasteiger partial charge in [0.1, 0.15) is 4.83 Å². The molecule has 33 heavy (non-hydrogen) atoms. The van der Waals surface area contributed by atoms with Crippen LogP contribution in [0, 0.1) is 13.8 Å². The summed E-state index contributed by atoms with van der Waals surface area (Å²) in [5.74, 6) is -0.00210. The number of rotatable bonds is 5. The van der Waals surface area contributed by atoms with Gasteiger partial charge in [0.2, 0.25) is 5.91 Å². The summed E-state index contributed by atoms with van der Waals surface area (Å²) in [7, 11) is 0. The van der Waals surface area contributed by atoms with Gasteiger partial charge in [0.15, 0.2) is 5.16 Å². The molecule has 1 amide bonds. The number of nitrogens with zero attached hydrogens (tertiary/aromatic N) is 2. The fourth-order valence-corrected chi connectivity index (χ4v) is 6.33.